The van der Waals surface area contributed by atoms with Crippen molar-refractivity contribution in [3.05, 3.63) is 58.7 Å². The number of benzene rings is 2. The van der Waals surface area contributed by atoms with Crippen LogP contribution in [0, 0.1) is 0 Å². The van der Waals surface area contributed by atoms with E-state index in [4.69, 9.17) is 0 Å². The summed E-state index contributed by atoms with van der Waals surface area (Å²) < 4.78 is 0. The molecule has 4 rings (SSSR count). The first-order valence-electron chi connectivity index (χ1n) is 8.48. The van der Waals surface area contributed by atoms with Crippen LogP contribution in [-0.4, -0.2) is 28.2 Å². The Morgan fingerprint density at radius 3 is 2.38 bits per heavy atom. The molecule has 24 heavy (non-hydrogen) atoms. The largest absolute Gasteiger partial charge is 0.504 e. The van der Waals surface area contributed by atoms with Gasteiger partial charge >= 0.3 is 0 Å². The highest BCUT2D eigenvalue weighted by molar-refractivity contribution is 5.53. The van der Waals surface area contributed by atoms with Gasteiger partial charge < -0.3 is 10.2 Å². The predicted molar refractivity (Wildman–Crippen MR) is 99.7 cm³/mol. The van der Waals surface area contributed by atoms with Crippen molar-refractivity contribution in [3.63, 3.8) is 0 Å². The minimum Gasteiger partial charge on any atom is -0.504 e. The molecule has 0 spiro atoms. The first kappa shape index (κ1) is 18.3. The number of fused-ring (bicyclic) bond motifs is 5. The molecule has 1 heterocycles. The first-order chi connectivity index (χ1) is 11.1. The van der Waals surface area contributed by atoms with Gasteiger partial charge in [0.25, 0.3) is 0 Å². The highest BCUT2D eigenvalue weighted by atomic mass is 16.3. The molecule has 3 heteroatoms. The van der Waals surface area contributed by atoms with Gasteiger partial charge in [-0.15, -0.1) is 0 Å². The van der Waals surface area contributed by atoms with E-state index < -0.39 is 0 Å². The fraction of sp³-hybridized carbons (Fsp3) is 0.429. The highest BCUT2D eigenvalue weighted by Crippen LogP contribution is 2.46. The number of aromatic hydroxyl groups is 2. The Balaban J connectivity index is 0.000000670. The second-order valence-corrected chi connectivity index (χ2v) is 6.24. The minimum atomic E-state index is -0.0138. The molecule has 0 radical (unpaired) electrons. The van der Waals surface area contributed by atoms with Gasteiger partial charge in [-0.25, -0.2) is 0 Å². The van der Waals surface area contributed by atoms with Gasteiger partial charge in [0.15, 0.2) is 11.5 Å². The third-order valence-corrected chi connectivity index (χ3v) is 5.04. The van der Waals surface area contributed by atoms with Crippen molar-refractivity contribution in [1.29, 1.82) is 0 Å². The van der Waals surface area contributed by atoms with Crippen molar-refractivity contribution in [3.8, 4) is 11.5 Å². The summed E-state index contributed by atoms with van der Waals surface area (Å²) in [5, 5.41) is 19.7. The second-order valence-electron chi connectivity index (χ2n) is 6.24. The number of hydrogen-bond donors (Lipinski definition) is 2. The van der Waals surface area contributed by atoms with E-state index in [0.717, 1.165) is 24.9 Å². The van der Waals surface area contributed by atoms with Crippen LogP contribution in [0.4, 0.5) is 0 Å². The van der Waals surface area contributed by atoms with Gasteiger partial charge in [-0.3, -0.25) is 4.90 Å². The molecule has 0 amide bonds. The van der Waals surface area contributed by atoms with E-state index in [1.165, 1.54) is 16.7 Å². The van der Waals surface area contributed by atoms with Crippen molar-refractivity contribution in [2.24, 2.45) is 0 Å². The van der Waals surface area contributed by atoms with Crippen molar-refractivity contribution in [2.45, 2.75) is 52.6 Å². The maximum atomic E-state index is 9.92. The molecule has 1 unspecified atom stereocenters. The van der Waals surface area contributed by atoms with Crippen LogP contribution in [0.2, 0.25) is 0 Å². The van der Waals surface area contributed by atoms with Gasteiger partial charge in [0.1, 0.15) is 0 Å². The fourth-order valence-corrected chi connectivity index (χ4v) is 4.04. The Kier molecular flexibility index (Phi) is 5.55. The monoisotopic (exact) mass is 327 g/mol. The standard InChI is InChI=1S/C18H19NO2.C2H6.CH4/c1-19-10-12-4-2-3-5-13(12)18-14-9-17(21)16(20)8-11(14)6-7-15(18)19;1-2;/h2-5,8-9,15,18,20-21H,6-7,10H2,1H3;1-2H3;1H4/t15-,18?;;/m0../s1. The zero-order valence-electron chi connectivity index (χ0n) is 14.1. The average Bonchev–Trinajstić information content (AvgIpc) is 2.57. The van der Waals surface area contributed by atoms with Crippen molar-refractivity contribution < 1.29 is 10.2 Å². The molecule has 1 aliphatic carbocycles. The van der Waals surface area contributed by atoms with Gasteiger partial charge in [-0.2, -0.15) is 0 Å². The molecule has 0 fully saturated rings. The predicted octanol–water partition coefficient (Wildman–Crippen LogP) is 4.65. The highest BCUT2D eigenvalue weighted by Gasteiger charge is 2.38. The number of nitrogens with zero attached hydrogens (tertiary/aromatic N) is 1. The molecule has 3 nitrogen and oxygen atoms in total. The number of aryl methyl sites for hydroxylation is 1. The Morgan fingerprint density at radius 1 is 0.958 bits per heavy atom. The summed E-state index contributed by atoms with van der Waals surface area (Å²) in [4.78, 5) is 2.42. The van der Waals surface area contributed by atoms with Crippen LogP contribution < -0.4 is 0 Å². The van der Waals surface area contributed by atoms with E-state index >= 15 is 0 Å². The minimum absolute atomic E-state index is 0. The zero-order valence-corrected chi connectivity index (χ0v) is 14.1. The third kappa shape index (κ3) is 2.89. The van der Waals surface area contributed by atoms with Gasteiger partial charge in [-0.1, -0.05) is 45.5 Å². The van der Waals surface area contributed by atoms with Crippen molar-refractivity contribution in [1.82, 2.24) is 4.90 Å². The number of likely N-dealkylation sites (N-methyl/N-ethyl adjacent to an activating group) is 1. The Morgan fingerprint density at radius 2 is 1.62 bits per heavy atom. The molecule has 130 valence electrons. The molecule has 2 aromatic carbocycles. The lowest BCUT2D eigenvalue weighted by molar-refractivity contribution is 0.178. The van der Waals surface area contributed by atoms with Crippen LogP contribution in [0.15, 0.2) is 36.4 Å². The van der Waals surface area contributed by atoms with E-state index in [-0.39, 0.29) is 24.8 Å². The smallest absolute Gasteiger partial charge is 0.157 e. The lowest BCUT2D eigenvalue weighted by Gasteiger charge is -2.44. The van der Waals surface area contributed by atoms with E-state index in [2.05, 4.69) is 36.2 Å². The molecule has 1 aliphatic heterocycles. The summed E-state index contributed by atoms with van der Waals surface area (Å²) in [6, 6.07) is 12.5. The molecular weight excluding hydrogens is 298 g/mol. The van der Waals surface area contributed by atoms with Crippen molar-refractivity contribution >= 4 is 0 Å². The molecule has 2 aliphatic rings. The number of phenolic OH excluding ortho intramolecular Hbond substituents is 2. The SMILES string of the molecule is C.CC.CN1Cc2ccccc2C2c3cc(O)c(O)cc3CC[C@@H]21. The van der Waals surface area contributed by atoms with E-state index in [1.807, 2.05) is 13.8 Å². The molecule has 0 aromatic heterocycles. The normalized spacial score (nSPS) is 21.3. The van der Waals surface area contributed by atoms with Crippen LogP contribution in [0.5, 0.6) is 11.5 Å². The quantitative estimate of drug-likeness (QED) is 0.692. The van der Waals surface area contributed by atoms with Gasteiger partial charge in [0.05, 0.1) is 0 Å². The Labute approximate surface area is 145 Å². The number of hydrogen-bond acceptors (Lipinski definition) is 3. The summed E-state index contributed by atoms with van der Waals surface area (Å²) in [6.07, 6.45) is 2.05. The summed E-state index contributed by atoms with van der Waals surface area (Å²) in [5.74, 6) is 0.264. The maximum Gasteiger partial charge on any atom is 0.157 e. The molecule has 2 aromatic rings. The zero-order chi connectivity index (χ0) is 16.6. The summed E-state index contributed by atoms with van der Waals surface area (Å²) in [5.41, 5.74) is 5.06. The second kappa shape index (κ2) is 7.27. The number of rotatable bonds is 0. The Hall–Kier alpha value is -2.00. The Bertz CT molecular complexity index is 711. The van der Waals surface area contributed by atoms with E-state index in [0.29, 0.717) is 6.04 Å². The van der Waals surface area contributed by atoms with E-state index in [9.17, 15) is 10.2 Å². The van der Waals surface area contributed by atoms with Crippen LogP contribution in [0.1, 0.15) is 55.9 Å². The van der Waals surface area contributed by atoms with Gasteiger partial charge in [-0.05, 0) is 54.3 Å². The van der Waals surface area contributed by atoms with Crippen LogP contribution in [0.3, 0.4) is 0 Å². The molecule has 0 bridgehead atoms. The van der Waals surface area contributed by atoms with Crippen LogP contribution in [0.25, 0.3) is 0 Å². The topological polar surface area (TPSA) is 43.7 Å². The third-order valence-electron chi connectivity index (χ3n) is 5.04. The van der Waals surface area contributed by atoms with Crippen molar-refractivity contribution in [2.75, 3.05) is 7.05 Å². The molecule has 2 atom stereocenters. The average molecular weight is 327 g/mol. The molecular formula is C21H29NO2. The summed E-state index contributed by atoms with van der Waals surface area (Å²) >= 11 is 0. The molecule has 0 saturated carbocycles. The molecule has 0 saturated heterocycles. The van der Waals surface area contributed by atoms with E-state index in [1.54, 1.807) is 12.1 Å². The fourth-order valence-electron chi connectivity index (χ4n) is 4.04. The number of phenols is 2. The van der Waals surface area contributed by atoms with Crippen LogP contribution >= 0.6 is 0 Å². The summed E-state index contributed by atoms with van der Waals surface area (Å²) in [7, 11) is 2.18. The molecule has 2 N–H and O–H groups in total. The van der Waals surface area contributed by atoms with Crippen LogP contribution in [-0.2, 0) is 13.0 Å². The first-order valence-corrected chi connectivity index (χ1v) is 8.48. The van der Waals surface area contributed by atoms with Gasteiger partial charge in [0.2, 0.25) is 0 Å². The lowest BCUT2D eigenvalue weighted by atomic mass is 9.71. The maximum absolute atomic E-state index is 9.92. The summed E-state index contributed by atoms with van der Waals surface area (Å²) in [6.45, 7) is 4.98. The van der Waals surface area contributed by atoms with Gasteiger partial charge in [0, 0.05) is 18.5 Å². The lowest BCUT2D eigenvalue weighted by Crippen LogP contribution is -2.43.